The maximum absolute atomic E-state index is 13.2. The van der Waals surface area contributed by atoms with Crippen LogP contribution in [-0.2, 0) is 12.0 Å². The molecule has 1 aliphatic heterocycles. The molecule has 2 aromatic rings. The van der Waals surface area contributed by atoms with Crippen LogP contribution in [0.1, 0.15) is 72.9 Å². The second kappa shape index (κ2) is 9.65. The third-order valence-electron chi connectivity index (χ3n) is 7.45. The zero-order valence-electron chi connectivity index (χ0n) is 17.5. The predicted octanol–water partition coefficient (Wildman–Crippen LogP) is 4.34. The molecule has 1 amide bonds. The molecule has 2 saturated carbocycles. The molecule has 9 heteroatoms. The summed E-state index contributed by atoms with van der Waals surface area (Å²) in [6.45, 7) is 2.17. The van der Waals surface area contributed by atoms with E-state index in [9.17, 15) is 4.79 Å². The monoisotopic (exact) mass is 485 g/mol. The molecule has 0 bridgehead atoms. The lowest BCUT2D eigenvalue weighted by Crippen LogP contribution is -2.51. The van der Waals surface area contributed by atoms with E-state index in [0.29, 0.717) is 18.3 Å². The number of carbonyl (C=O) groups excluding carboxylic acids is 1. The Morgan fingerprint density at radius 1 is 1.10 bits per heavy atom. The van der Waals surface area contributed by atoms with Crippen molar-refractivity contribution in [2.24, 2.45) is 5.73 Å². The van der Waals surface area contributed by atoms with Crippen LogP contribution in [0.15, 0.2) is 24.3 Å². The molecule has 2 aliphatic carbocycles. The van der Waals surface area contributed by atoms with Gasteiger partial charge in [-0.15, -0.1) is 35.0 Å². The van der Waals surface area contributed by atoms with Crippen molar-refractivity contribution in [3.05, 3.63) is 46.5 Å². The van der Waals surface area contributed by atoms with Crippen molar-refractivity contribution in [2.45, 2.75) is 68.9 Å². The molecular weight excluding hydrogens is 457 g/mol. The van der Waals surface area contributed by atoms with E-state index >= 15 is 0 Å². The molecule has 3 aliphatic rings. The molecule has 6 nitrogen and oxygen atoms in total. The van der Waals surface area contributed by atoms with E-state index in [4.69, 9.17) is 17.3 Å². The maximum Gasteiger partial charge on any atom is 0.292 e. The highest BCUT2D eigenvalue weighted by Gasteiger charge is 2.41. The first-order chi connectivity index (χ1) is 14.1. The average Bonchev–Trinajstić information content (AvgIpc) is 3.12. The zero-order valence-corrected chi connectivity index (χ0v) is 19.9. The van der Waals surface area contributed by atoms with Crippen molar-refractivity contribution in [3.8, 4) is 0 Å². The summed E-state index contributed by atoms with van der Waals surface area (Å²) in [6.07, 6.45) is 7.45. The van der Waals surface area contributed by atoms with Crippen LogP contribution in [0, 0.1) is 0 Å². The van der Waals surface area contributed by atoms with E-state index in [1.165, 1.54) is 24.8 Å². The molecule has 2 N–H and O–H groups in total. The number of benzene rings is 1. The maximum atomic E-state index is 13.2. The molecule has 0 saturated heterocycles. The van der Waals surface area contributed by atoms with Crippen LogP contribution in [0.25, 0.3) is 0 Å². The fourth-order valence-corrected chi connectivity index (χ4v) is 5.53. The molecule has 2 heterocycles. The Bertz CT molecular complexity index is 922. The van der Waals surface area contributed by atoms with Gasteiger partial charge in [-0.05, 0) is 56.2 Å². The molecule has 5 rings (SSSR count). The Labute approximate surface area is 200 Å². The zero-order chi connectivity index (χ0) is 20.0. The first kappa shape index (κ1) is 24.3. The molecule has 170 valence electrons. The number of fused-ring (bicyclic) bond motifs is 1. The molecule has 2 fully saturated rings. The Balaban J connectivity index is 0.00000136. The van der Waals surface area contributed by atoms with Gasteiger partial charge >= 0.3 is 0 Å². The van der Waals surface area contributed by atoms with E-state index in [1.54, 1.807) is 0 Å². The molecule has 1 aromatic carbocycles. The highest BCUT2D eigenvalue weighted by atomic mass is 35.5. The van der Waals surface area contributed by atoms with Gasteiger partial charge in [0.1, 0.15) is 5.82 Å². The van der Waals surface area contributed by atoms with Gasteiger partial charge in [-0.1, -0.05) is 30.2 Å². The number of aromatic nitrogens is 3. The van der Waals surface area contributed by atoms with Gasteiger partial charge in [0.2, 0.25) is 5.82 Å². The average molecular weight is 487 g/mol. The predicted molar refractivity (Wildman–Crippen MR) is 127 cm³/mol. The van der Waals surface area contributed by atoms with Crippen LogP contribution in [0.5, 0.6) is 0 Å². The number of carbonyl (C=O) groups is 1. The van der Waals surface area contributed by atoms with Gasteiger partial charge in [0.05, 0.1) is 0 Å². The van der Waals surface area contributed by atoms with Gasteiger partial charge in [0, 0.05) is 42.0 Å². The SMILES string of the molecule is Cl.Cl.NC[C@]1(c2cccc(Cl)c2)CC[C@@H](N2CCn3c(nnc3C3CCC3)C2=O)CC1. The number of nitrogens with two attached hydrogens (primary N) is 1. The number of halogens is 3. The van der Waals surface area contributed by atoms with E-state index in [0.717, 1.165) is 49.6 Å². The molecular formula is C22H30Cl3N5O. The molecule has 1 aromatic heterocycles. The smallest absolute Gasteiger partial charge is 0.292 e. The normalized spacial score (nSPS) is 25.8. The van der Waals surface area contributed by atoms with Gasteiger partial charge < -0.3 is 15.2 Å². The quantitative estimate of drug-likeness (QED) is 0.697. The van der Waals surface area contributed by atoms with Gasteiger partial charge in [-0.25, -0.2) is 0 Å². The van der Waals surface area contributed by atoms with Crippen molar-refractivity contribution in [1.29, 1.82) is 0 Å². The van der Waals surface area contributed by atoms with Gasteiger partial charge in [-0.3, -0.25) is 4.79 Å². The molecule has 0 spiro atoms. The first-order valence-electron chi connectivity index (χ1n) is 10.8. The van der Waals surface area contributed by atoms with E-state index in [-0.39, 0.29) is 42.2 Å². The first-order valence-corrected chi connectivity index (χ1v) is 11.2. The lowest BCUT2D eigenvalue weighted by atomic mass is 9.68. The van der Waals surface area contributed by atoms with Crippen LogP contribution in [0.4, 0.5) is 0 Å². The van der Waals surface area contributed by atoms with Crippen LogP contribution in [0.2, 0.25) is 5.02 Å². The minimum Gasteiger partial charge on any atom is -0.331 e. The van der Waals surface area contributed by atoms with Crippen LogP contribution >= 0.6 is 36.4 Å². The highest BCUT2D eigenvalue weighted by molar-refractivity contribution is 6.30. The lowest BCUT2D eigenvalue weighted by molar-refractivity contribution is 0.0519. The molecule has 0 radical (unpaired) electrons. The fourth-order valence-electron chi connectivity index (χ4n) is 5.34. The third kappa shape index (κ3) is 4.20. The molecule has 0 atom stereocenters. The van der Waals surface area contributed by atoms with Gasteiger partial charge in [-0.2, -0.15) is 0 Å². The summed E-state index contributed by atoms with van der Waals surface area (Å²) < 4.78 is 2.07. The second-order valence-electron chi connectivity index (χ2n) is 8.89. The van der Waals surface area contributed by atoms with E-state index in [1.807, 2.05) is 23.1 Å². The van der Waals surface area contributed by atoms with Gasteiger partial charge in [0.15, 0.2) is 0 Å². The number of amides is 1. The highest BCUT2D eigenvalue weighted by Crippen LogP contribution is 2.42. The summed E-state index contributed by atoms with van der Waals surface area (Å²) in [5.41, 5.74) is 7.42. The minimum atomic E-state index is -0.0440. The molecule has 0 unspecified atom stereocenters. The minimum absolute atomic E-state index is 0. The summed E-state index contributed by atoms with van der Waals surface area (Å²) in [4.78, 5) is 15.2. The van der Waals surface area contributed by atoms with Crippen LogP contribution in [0.3, 0.4) is 0 Å². The fraction of sp³-hybridized carbons (Fsp3) is 0.591. The number of hydrogen-bond donors (Lipinski definition) is 1. The second-order valence-corrected chi connectivity index (χ2v) is 9.32. The summed E-state index contributed by atoms with van der Waals surface area (Å²) in [6, 6.07) is 8.34. The Morgan fingerprint density at radius 2 is 1.84 bits per heavy atom. The Kier molecular flexibility index (Phi) is 7.57. The van der Waals surface area contributed by atoms with Crippen molar-refractivity contribution in [1.82, 2.24) is 19.7 Å². The van der Waals surface area contributed by atoms with Crippen molar-refractivity contribution >= 4 is 42.3 Å². The Hall–Kier alpha value is -1.34. The standard InChI is InChI=1S/C22H28ClN5O.2ClH/c23-17-6-2-5-16(13-17)22(14-24)9-7-18(8-10-22)27-11-12-28-19(15-3-1-4-15)25-26-20(28)21(27)29;;/h2,5-6,13,15,18H,1,3-4,7-12,14,24H2;2*1H/t18-,22+;;. The van der Waals surface area contributed by atoms with Crippen molar-refractivity contribution < 1.29 is 4.79 Å². The lowest BCUT2D eigenvalue weighted by Gasteiger charge is -2.44. The van der Waals surface area contributed by atoms with Crippen molar-refractivity contribution in [3.63, 3.8) is 0 Å². The summed E-state index contributed by atoms with van der Waals surface area (Å²) >= 11 is 6.23. The summed E-state index contributed by atoms with van der Waals surface area (Å²) in [5.74, 6) is 2.09. The van der Waals surface area contributed by atoms with Gasteiger partial charge in [0.25, 0.3) is 5.91 Å². The number of nitrogens with zero attached hydrogens (tertiary/aromatic N) is 4. The number of hydrogen-bond acceptors (Lipinski definition) is 4. The summed E-state index contributed by atoms with van der Waals surface area (Å²) in [5, 5.41) is 9.40. The largest absolute Gasteiger partial charge is 0.331 e. The third-order valence-corrected chi connectivity index (χ3v) is 7.68. The summed E-state index contributed by atoms with van der Waals surface area (Å²) in [7, 11) is 0. The van der Waals surface area contributed by atoms with E-state index in [2.05, 4.69) is 20.8 Å². The number of rotatable bonds is 4. The van der Waals surface area contributed by atoms with E-state index < -0.39 is 0 Å². The van der Waals surface area contributed by atoms with Crippen LogP contribution < -0.4 is 5.73 Å². The van der Waals surface area contributed by atoms with Crippen LogP contribution in [-0.4, -0.2) is 44.7 Å². The topological polar surface area (TPSA) is 77.0 Å². The Morgan fingerprint density at radius 3 is 2.45 bits per heavy atom. The molecule has 31 heavy (non-hydrogen) atoms. The van der Waals surface area contributed by atoms with Crippen molar-refractivity contribution in [2.75, 3.05) is 13.1 Å².